The highest BCUT2D eigenvalue weighted by Crippen LogP contribution is 2.24. The molecule has 0 spiro atoms. The lowest BCUT2D eigenvalue weighted by Gasteiger charge is -2.26. The first-order valence-corrected chi connectivity index (χ1v) is 8.87. The van der Waals surface area contributed by atoms with E-state index < -0.39 is 0 Å². The summed E-state index contributed by atoms with van der Waals surface area (Å²) in [6.45, 7) is 5.90. The largest absolute Gasteiger partial charge is 0.337 e. The summed E-state index contributed by atoms with van der Waals surface area (Å²) in [4.78, 5) is 19.8. The molecular formula is C17H22BrN3O. The summed E-state index contributed by atoms with van der Waals surface area (Å²) in [6, 6.07) is 2.05. The molecule has 0 atom stereocenters. The number of aromatic nitrogens is 2. The molecule has 118 valence electrons. The van der Waals surface area contributed by atoms with Crippen LogP contribution in [0.15, 0.2) is 16.7 Å². The minimum Gasteiger partial charge on any atom is -0.337 e. The van der Waals surface area contributed by atoms with Gasteiger partial charge in [-0.05, 0) is 60.2 Å². The predicted molar refractivity (Wildman–Crippen MR) is 91.4 cm³/mol. The van der Waals surface area contributed by atoms with E-state index in [0.29, 0.717) is 0 Å². The van der Waals surface area contributed by atoms with Gasteiger partial charge in [0.25, 0.3) is 5.91 Å². The van der Waals surface area contributed by atoms with Gasteiger partial charge in [0.05, 0.1) is 5.69 Å². The molecule has 1 saturated heterocycles. The Balaban J connectivity index is 2.12. The van der Waals surface area contributed by atoms with Crippen LogP contribution < -0.4 is 0 Å². The second-order valence-electron chi connectivity index (χ2n) is 6.04. The third-order valence-corrected chi connectivity index (χ3v) is 4.71. The van der Waals surface area contributed by atoms with Crippen molar-refractivity contribution in [2.75, 3.05) is 13.1 Å². The number of pyridine rings is 1. The zero-order chi connectivity index (χ0) is 15.7. The van der Waals surface area contributed by atoms with Crippen molar-refractivity contribution in [2.45, 2.75) is 46.0 Å². The Morgan fingerprint density at radius 2 is 2.05 bits per heavy atom. The van der Waals surface area contributed by atoms with Crippen molar-refractivity contribution in [1.29, 1.82) is 0 Å². The van der Waals surface area contributed by atoms with E-state index in [1.165, 1.54) is 6.42 Å². The number of amides is 1. The summed E-state index contributed by atoms with van der Waals surface area (Å²) in [6.07, 6.45) is 7.23. The number of aryl methyl sites for hydroxylation is 2. The lowest BCUT2D eigenvalue weighted by molar-refractivity contribution is 0.0716. The Labute approximate surface area is 139 Å². The summed E-state index contributed by atoms with van der Waals surface area (Å²) in [5.74, 6) is 0.133. The normalized spacial score (nSPS) is 15.5. The molecule has 22 heavy (non-hydrogen) atoms. The van der Waals surface area contributed by atoms with Crippen molar-refractivity contribution in [3.63, 3.8) is 0 Å². The maximum atomic E-state index is 13.0. The van der Waals surface area contributed by atoms with Crippen LogP contribution in [0.2, 0.25) is 0 Å². The highest BCUT2D eigenvalue weighted by molar-refractivity contribution is 9.10. The van der Waals surface area contributed by atoms with E-state index in [-0.39, 0.29) is 5.91 Å². The minimum atomic E-state index is 0.133. The molecule has 2 aromatic rings. The van der Waals surface area contributed by atoms with Crippen LogP contribution >= 0.6 is 15.9 Å². The van der Waals surface area contributed by atoms with Gasteiger partial charge in [-0.1, -0.05) is 13.3 Å². The molecule has 1 aliphatic rings. The summed E-state index contributed by atoms with van der Waals surface area (Å²) in [5.41, 5.74) is 3.67. The quantitative estimate of drug-likeness (QED) is 0.826. The van der Waals surface area contributed by atoms with Crippen molar-refractivity contribution in [2.24, 2.45) is 0 Å². The molecule has 0 saturated carbocycles. The molecule has 0 radical (unpaired) electrons. The van der Waals surface area contributed by atoms with E-state index in [2.05, 4.69) is 22.9 Å². The number of imidazole rings is 1. The van der Waals surface area contributed by atoms with Gasteiger partial charge in [0.1, 0.15) is 11.3 Å². The molecule has 2 aromatic heterocycles. The van der Waals surface area contributed by atoms with Gasteiger partial charge in [0.15, 0.2) is 0 Å². The van der Waals surface area contributed by atoms with E-state index in [1.807, 2.05) is 28.5 Å². The van der Waals surface area contributed by atoms with Gasteiger partial charge in [-0.2, -0.15) is 0 Å². The zero-order valence-corrected chi connectivity index (χ0v) is 14.8. The van der Waals surface area contributed by atoms with Crippen LogP contribution in [-0.2, 0) is 6.42 Å². The number of rotatable bonds is 3. The van der Waals surface area contributed by atoms with Crippen molar-refractivity contribution < 1.29 is 4.79 Å². The second-order valence-corrected chi connectivity index (χ2v) is 6.96. The lowest BCUT2D eigenvalue weighted by atomic mass is 10.1. The first-order valence-electron chi connectivity index (χ1n) is 8.08. The highest BCUT2D eigenvalue weighted by atomic mass is 79.9. The van der Waals surface area contributed by atoms with Crippen molar-refractivity contribution >= 4 is 27.5 Å². The Bertz CT molecular complexity index is 701. The van der Waals surface area contributed by atoms with Crippen LogP contribution in [0.4, 0.5) is 0 Å². The monoisotopic (exact) mass is 363 g/mol. The van der Waals surface area contributed by atoms with E-state index in [0.717, 1.165) is 65.8 Å². The molecule has 0 N–H and O–H groups in total. The Morgan fingerprint density at radius 3 is 2.73 bits per heavy atom. The highest BCUT2D eigenvalue weighted by Gasteiger charge is 2.25. The Hall–Kier alpha value is -1.36. The molecule has 0 aliphatic carbocycles. The van der Waals surface area contributed by atoms with Gasteiger partial charge < -0.3 is 4.90 Å². The average Bonchev–Trinajstić information content (AvgIpc) is 2.86. The Kier molecular flexibility index (Phi) is 4.52. The molecular weight excluding hydrogens is 342 g/mol. The topological polar surface area (TPSA) is 37.6 Å². The molecule has 1 fully saturated rings. The first-order chi connectivity index (χ1) is 10.6. The third-order valence-electron chi connectivity index (χ3n) is 4.28. The predicted octanol–water partition coefficient (Wildman–Crippen LogP) is 3.98. The third kappa shape index (κ3) is 2.78. The van der Waals surface area contributed by atoms with E-state index in [1.54, 1.807) is 0 Å². The molecule has 0 bridgehead atoms. The number of piperidine rings is 1. The van der Waals surface area contributed by atoms with Crippen LogP contribution in [-0.4, -0.2) is 33.3 Å². The van der Waals surface area contributed by atoms with Gasteiger partial charge in [0, 0.05) is 23.8 Å². The number of hydrogen-bond donors (Lipinski definition) is 0. The number of halogens is 1. The van der Waals surface area contributed by atoms with Gasteiger partial charge in [-0.3, -0.25) is 9.20 Å². The fraction of sp³-hybridized carbons (Fsp3) is 0.529. The smallest absolute Gasteiger partial charge is 0.272 e. The molecule has 3 rings (SSSR count). The zero-order valence-electron chi connectivity index (χ0n) is 13.2. The number of carbonyl (C=O) groups is 1. The lowest BCUT2D eigenvalue weighted by Crippen LogP contribution is -2.36. The molecule has 1 amide bonds. The van der Waals surface area contributed by atoms with Crippen molar-refractivity contribution in [3.05, 3.63) is 33.7 Å². The van der Waals surface area contributed by atoms with E-state index >= 15 is 0 Å². The minimum absolute atomic E-state index is 0.133. The van der Waals surface area contributed by atoms with Gasteiger partial charge >= 0.3 is 0 Å². The molecule has 4 nitrogen and oxygen atoms in total. The molecule has 5 heteroatoms. The van der Waals surface area contributed by atoms with Gasteiger partial charge in [-0.15, -0.1) is 0 Å². The number of carbonyl (C=O) groups excluding carboxylic acids is 1. The number of hydrogen-bond acceptors (Lipinski definition) is 2. The maximum Gasteiger partial charge on any atom is 0.272 e. The molecule has 0 aromatic carbocycles. The molecule has 3 heterocycles. The standard InChI is InChI=1S/C17H22BrN3O/c1-3-7-14-15(17(22)20-8-5-4-6-9-20)21-11-13(18)10-12(2)16(21)19-14/h10-11H,3-9H2,1-2H3. The average molecular weight is 364 g/mol. The van der Waals surface area contributed by atoms with Gasteiger partial charge in [-0.25, -0.2) is 4.98 Å². The number of nitrogens with zero attached hydrogens (tertiary/aromatic N) is 3. The second kappa shape index (κ2) is 6.41. The fourth-order valence-corrected chi connectivity index (χ4v) is 3.75. The molecule has 0 unspecified atom stereocenters. The van der Waals surface area contributed by atoms with Crippen molar-refractivity contribution in [1.82, 2.24) is 14.3 Å². The van der Waals surface area contributed by atoms with Crippen LogP contribution in [0, 0.1) is 6.92 Å². The molecule has 1 aliphatic heterocycles. The SMILES string of the molecule is CCCc1nc2c(C)cc(Br)cn2c1C(=O)N1CCCCC1. The van der Waals surface area contributed by atoms with Crippen LogP contribution in [0.25, 0.3) is 5.65 Å². The number of fused-ring (bicyclic) bond motifs is 1. The van der Waals surface area contributed by atoms with E-state index in [4.69, 9.17) is 4.98 Å². The first kappa shape index (κ1) is 15.5. The summed E-state index contributed by atoms with van der Waals surface area (Å²) in [7, 11) is 0. The maximum absolute atomic E-state index is 13.0. The fourth-order valence-electron chi connectivity index (χ4n) is 3.20. The number of likely N-dealkylation sites (tertiary alicyclic amines) is 1. The Morgan fingerprint density at radius 1 is 1.32 bits per heavy atom. The van der Waals surface area contributed by atoms with Crippen LogP contribution in [0.5, 0.6) is 0 Å². The van der Waals surface area contributed by atoms with Crippen LogP contribution in [0.1, 0.15) is 54.4 Å². The van der Waals surface area contributed by atoms with Crippen molar-refractivity contribution in [3.8, 4) is 0 Å². The van der Waals surface area contributed by atoms with E-state index in [9.17, 15) is 4.79 Å². The van der Waals surface area contributed by atoms with Crippen LogP contribution in [0.3, 0.4) is 0 Å². The van der Waals surface area contributed by atoms with Gasteiger partial charge in [0.2, 0.25) is 0 Å². The summed E-state index contributed by atoms with van der Waals surface area (Å²) in [5, 5.41) is 0. The summed E-state index contributed by atoms with van der Waals surface area (Å²) < 4.78 is 2.95. The summed E-state index contributed by atoms with van der Waals surface area (Å²) >= 11 is 3.54.